The Morgan fingerprint density at radius 2 is 1.81 bits per heavy atom. The monoisotopic (exact) mass is 416 g/mol. The van der Waals surface area contributed by atoms with Crippen molar-refractivity contribution >= 4 is 29.1 Å². The molecule has 0 fully saturated rings. The summed E-state index contributed by atoms with van der Waals surface area (Å²) in [5, 5.41) is 12.5. The normalized spacial score (nSPS) is 13.4. The molecule has 1 amide bonds. The Labute approximate surface area is 163 Å². The van der Waals surface area contributed by atoms with Gasteiger partial charge in [0.05, 0.1) is 16.7 Å². The number of halogens is 5. The number of carbonyl (C=O) groups is 1. The second-order valence-electron chi connectivity index (χ2n) is 5.84. The van der Waals surface area contributed by atoms with Gasteiger partial charge < -0.3 is 10.1 Å². The van der Waals surface area contributed by atoms with Gasteiger partial charge in [0.2, 0.25) is 0 Å². The van der Waals surface area contributed by atoms with Crippen LogP contribution in [0.5, 0.6) is 5.75 Å². The molecule has 0 saturated carbocycles. The lowest BCUT2D eigenvalue weighted by Crippen LogP contribution is -2.49. The molecule has 142 valence electrons. The SMILES string of the molecule is CC(C#N)(COc1ccc(Cl)cc1Cl)NC(=O)c1ccc(C(F)(F)F)cc1. The zero-order valence-electron chi connectivity index (χ0n) is 13.9. The van der Waals surface area contributed by atoms with E-state index in [1.807, 2.05) is 6.07 Å². The molecular weight excluding hydrogens is 404 g/mol. The number of benzene rings is 2. The Balaban J connectivity index is 2.08. The van der Waals surface area contributed by atoms with E-state index >= 15 is 0 Å². The minimum atomic E-state index is -4.50. The van der Waals surface area contributed by atoms with Crippen LogP contribution in [0.2, 0.25) is 10.0 Å². The second-order valence-corrected chi connectivity index (χ2v) is 6.68. The molecule has 0 bridgehead atoms. The van der Waals surface area contributed by atoms with Gasteiger partial charge in [-0.3, -0.25) is 4.79 Å². The zero-order chi connectivity index (χ0) is 20.2. The number of alkyl halides is 3. The maximum absolute atomic E-state index is 12.6. The lowest BCUT2D eigenvalue weighted by Gasteiger charge is -2.24. The van der Waals surface area contributed by atoms with Gasteiger partial charge in [-0.15, -0.1) is 0 Å². The summed E-state index contributed by atoms with van der Waals surface area (Å²) >= 11 is 11.8. The van der Waals surface area contributed by atoms with E-state index in [0.29, 0.717) is 5.02 Å². The number of nitrogens with one attached hydrogen (secondary N) is 1. The Bertz CT molecular complexity index is 880. The van der Waals surface area contributed by atoms with Crippen molar-refractivity contribution in [3.63, 3.8) is 0 Å². The van der Waals surface area contributed by atoms with E-state index < -0.39 is 23.2 Å². The average molecular weight is 417 g/mol. The highest BCUT2D eigenvalue weighted by molar-refractivity contribution is 6.35. The molecule has 0 saturated heterocycles. The lowest BCUT2D eigenvalue weighted by atomic mass is 10.0. The molecule has 27 heavy (non-hydrogen) atoms. The molecular formula is C18H13Cl2F3N2O2. The summed E-state index contributed by atoms with van der Waals surface area (Å²) in [6.45, 7) is 1.18. The van der Waals surface area contributed by atoms with E-state index in [4.69, 9.17) is 27.9 Å². The number of nitriles is 1. The molecule has 0 radical (unpaired) electrons. The van der Waals surface area contributed by atoms with Crippen molar-refractivity contribution in [1.29, 1.82) is 5.26 Å². The van der Waals surface area contributed by atoms with Crippen molar-refractivity contribution in [3.05, 3.63) is 63.6 Å². The van der Waals surface area contributed by atoms with Gasteiger partial charge in [0.15, 0.2) is 5.54 Å². The van der Waals surface area contributed by atoms with Crippen LogP contribution in [0.4, 0.5) is 13.2 Å². The van der Waals surface area contributed by atoms with Crippen LogP contribution in [-0.4, -0.2) is 18.1 Å². The zero-order valence-corrected chi connectivity index (χ0v) is 15.4. The molecule has 0 aromatic heterocycles. The van der Waals surface area contributed by atoms with Crippen molar-refractivity contribution in [2.24, 2.45) is 0 Å². The quantitative estimate of drug-likeness (QED) is 0.736. The van der Waals surface area contributed by atoms with Gasteiger partial charge in [0, 0.05) is 10.6 Å². The molecule has 2 aromatic rings. The van der Waals surface area contributed by atoms with Gasteiger partial charge in [-0.05, 0) is 49.4 Å². The van der Waals surface area contributed by atoms with Crippen LogP contribution in [-0.2, 0) is 6.18 Å². The first-order valence-electron chi connectivity index (χ1n) is 7.53. The summed E-state index contributed by atoms with van der Waals surface area (Å²) in [5.74, 6) is -0.440. The van der Waals surface area contributed by atoms with Crippen molar-refractivity contribution in [1.82, 2.24) is 5.32 Å². The number of ether oxygens (including phenoxy) is 1. The topological polar surface area (TPSA) is 62.1 Å². The fourth-order valence-corrected chi connectivity index (χ4v) is 2.51. The Kier molecular flexibility index (Phi) is 6.24. The maximum Gasteiger partial charge on any atom is 0.416 e. The number of amides is 1. The van der Waals surface area contributed by atoms with E-state index in [2.05, 4.69) is 5.32 Å². The van der Waals surface area contributed by atoms with Crippen molar-refractivity contribution < 1.29 is 22.7 Å². The summed E-state index contributed by atoms with van der Waals surface area (Å²) in [5.41, 5.74) is -2.33. The molecule has 1 atom stereocenters. The maximum atomic E-state index is 12.6. The molecule has 0 heterocycles. The van der Waals surface area contributed by atoms with Crippen LogP contribution in [0.25, 0.3) is 0 Å². The standard InChI is InChI=1S/C18H13Cl2F3N2O2/c1-17(9-24,10-27-15-7-6-13(19)8-14(15)20)25-16(26)11-2-4-12(5-3-11)18(21,22)23/h2-8H,10H2,1H3,(H,25,26). The number of hydrogen-bond acceptors (Lipinski definition) is 3. The van der Waals surface area contributed by atoms with E-state index in [9.17, 15) is 23.2 Å². The molecule has 1 N–H and O–H groups in total. The van der Waals surface area contributed by atoms with Gasteiger partial charge >= 0.3 is 6.18 Å². The second kappa shape index (κ2) is 8.07. The van der Waals surface area contributed by atoms with Crippen LogP contribution in [0.1, 0.15) is 22.8 Å². The average Bonchev–Trinajstić information content (AvgIpc) is 2.60. The van der Waals surface area contributed by atoms with Gasteiger partial charge in [-0.2, -0.15) is 18.4 Å². The first kappa shape index (κ1) is 20.9. The number of rotatable bonds is 5. The summed E-state index contributed by atoms with van der Waals surface area (Å²) in [6.07, 6.45) is -4.50. The van der Waals surface area contributed by atoms with Crippen LogP contribution in [0.3, 0.4) is 0 Å². The van der Waals surface area contributed by atoms with Gasteiger partial charge in [-0.25, -0.2) is 0 Å². The summed E-state index contributed by atoms with van der Waals surface area (Å²) < 4.78 is 43.2. The molecule has 4 nitrogen and oxygen atoms in total. The van der Waals surface area contributed by atoms with Crippen LogP contribution >= 0.6 is 23.2 Å². The molecule has 0 aliphatic heterocycles. The number of carbonyl (C=O) groups excluding carboxylic acids is 1. The highest BCUT2D eigenvalue weighted by Gasteiger charge is 2.31. The van der Waals surface area contributed by atoms with Crippen LogP contribution in [0.15, 0.2) is 42.5 Å². The smallest absolute Gasteiger partial charge is 0.416 e. The van der Waals surface area contributed by atoms with Crippen molar-refractivity contribution in [3.8, 4) is 11.8 Å². The highest BCUT2D eigenvalue weighted by atomic mass is 35.5. The first-order chi connectivity index (χ1) is 12.5. The van der Waals surface area contributed by atoms with E-state index in [1.54, 1.807) is 6.07 Å². The fraction of sp³-hybridized carbons (Fsp3) is 0.222. The Morgan fingerprint density at radius 3 is 2.33 bits per heavy atom. The largest absolute Gasteiger partial charge is 0.488 e. The summed E-state index contributed by atoms with van der Waals surface area (Å²) in [6, 6.07) is 10.1. The molecule has 1 unspecified atom stereocenters. The Hall–Kier alpha value is -2.43. The summed E-state index contributed by atoms with van der Waals surface area (Å²) in [4.78, 5) is 12.3. The third-order valence-electron chi connectivity index (χ3n) is 3.52. The first-order valence-corrected chi connectivity index (χ1v) is 8.28. The third-order valence-corrected chi connectivity index (χ3v) is 4.05. The molecule has 0 aliphatic rings. The van der Waals surface area contributed by atoms with Gasteiger partial charge in [0.25, 0.3) is 5.91 Å². The lowest BCUT2D eigenvalue weighted by molar-refractivity contribution is -0.137. The molecule has 9 heteroatoms. The predicted molar refractivity (Wildman–Crippen MR) is 94.9 cm³/mol. The van der Waals surface area contributed by atoms with Crippen molar-refractivity contribution in [2.75, 3.05) is 6.61 Å². The van der Waals surface area contributed by atoms with Gasteiger partial charge in [-0.1, -0.05) is 23.2 Å². The Morgan fingerprint density at radius 1 is 1.19 bits per heavy atom. The molecule has 0 aliphatic carbocycles. The predicted octanol–water partition coefficient (Wildman–Crippen LogP) is 5.10. The number of hydrogen-bond donors (Lipinski definition) is 1. The summed E-state index contributed by atoms with van der Waals surface area (Å²) in [7, 11) is 0. The van der Waals surface area contributed by atoms with Crippen LogP contribution < -0.4 is 10.1 Å². The van der Waals surface area contributed by atoms with Crippen LogP contribution in [0, 0.1) is 11.3 Å². The minimum Gasteiger partial charge on any atom is -0.488 e. The number of nitrogens with zero attached hydrogens (tertiary/aromatic N) is 1. The van der Waals surface area contributed by atoms with Gasteiger partial charge in [0.1, 0.15) is 12.4 Å². The third kappa shape index (κ3) is 5.52. The van der Waals surface area contributed by atoms with Crippen molar-refractivity contribution in [2.45, 2.75) is 18.6 Å². The molecule has 2 aromatic carbocycles. The molecule has 2 rings (SSSR count). The van der Waals surface area contributed by atoms with E-state index in [1.165, 1.54) is 19.1 Å². The molecule has 0 spiro atoms. The van der Waals surface area contributed by atoms with E-state index in [-0.39, 0.29) is 22.9 Å². The van der Waals surface area contributed by atoms with E-state index in [0.717, 1.165) is 24.3 Å². The fourth-order valence-electron chi connectivity index (χ4n) is 2.04. The highest BCUT2D eigenvalue weighted by Crippen LogP contribution is 2.29. The minimum absolute atomic E-state index is 0.0194.